The number of nitrogens with zero attached hydrogens (tertiary/aromatic N) is 1. The molecule has 0 heterocycles. The van der Waals surface area contributed by atoms with E-state index in [0.29, 0.717) is 0 Å². The zero-order valence-corrected chi connectivity index (χ0v) is 15.6. The lowest BCUT2D eigenvalue weighted by Crippen LogP contribution is -2.61. The van der Waals surface area contributed by atoms with Crippen molar-refractivity contribution in [1.29, 1.82) is 0 Å². The van der Waals surface area contributed by atoms with E-state index in [2.05, 4.69) is 20.8 Å². The molecule has 0 aliphatic heterocycles. The van der Waals surface area contributed by atoms with E-state index in [4.69, 9.17) is 9.57 Å². The third-order valence-corrected chi connectivity index (χ3v) is 8.93. The van der Waals surface area contributed by atoms with Crippen molar-refractivity contribution in [3.63, 3.8) is 0 Å². The maximum Gasteiger partial charge on any atom is 0.527 e. The molecule has 21 heavy (non-hydrogen) atoms. The molecule has 0 fully saturated rings. The Morgan fingerprint density at radius 1 is 1.10 bits per heavy atom. The zero-order valence-electron chi connectivity index (χ0n) is 14.6. The summed E-state index contributed by atoms with van der Waals surface area (Å²) in [5.41, 5.74) is -0.663. The van der Waals surface area contributed by atoms with Crippen LogP contribution in [0.1, 0.15) is 41.5 Å². The van der Waals surface area contributed by atoms with Gasteiger partial charge in [-0.05, 0) is 25.8 Å². The van der Waals surface area contributed by atoms with Gasteiger partial charge in [-0.15, -0.1) is 0 Å². The Bertz CT molecular complexity index is 342. The Kier molecular flexibility index (Phi) is 6.87. The molecule has 0 aromatic carbocycles. The van der Waals surface area contributed by atoms with Crippen LogP contribution in [0.25, 0.3) is 0 Å². The first-order valence-corrected chi connectivity index (χ1v) is 10.1. The first-order chi connectivity index (χ1) is 9.26. The lowest BCUT2D eigenvalue weighted by molar-refractivity contribution is -0.133. The molecule has 7 heteroatoms. The van der Waals surface area contributed by atoms with E-state index in [0.717, 1.165) is 0 Å². The van der Waals surface area contributed by atoms with E-state index in [1.807, 2.05) is 13.1 Å². The van der Waals surface area contributed by atoms with E-state index >= 15 is 0 Å². The van der Waals surface area contributed by atoms with Gasteiger partial charge < -0.3 is 19.8 Å². The number of aliphatic hydroxyl groups is 2. The lowest BCUT2D eigenvalue weighted by Gasteiger charge is -2.46. The minimum absolute atomic E-state index is 0.127. The Morgan fingerprint density at radius 3 is 1.81 bits per heavy atom. The van der Waals surface area contributed by atoms with Crippen LogP contribution >= 0.6 is 0 Å². The largest absolute Gasteiger partial charge is 0.527 e. The van der Waals surface area contributed by atoms with Crippen LogP contribution in [0.2, 0.25) is 18.1 Å². The Labute approximate surface area is 129 Å². The summed E-state index contributed by atoms with van der Waals surface area (Å²) in [6.45, 7) is 14.9. The number of rotatable bonds is 5. The lowest BCUT2D eigenvalue weighted by atomic mass is 10.2. The first-order valence-electron chi connectivity index (χ1n) is 7.18. The van der Waals surface area contributed by atoms with E-state index in [1.54, 1.807) is 20.8 Å². The van der Waals surface area contributed by atoms with Gasteiger partial charge in [0, 0.05) is 0 Å². The van der Waals surface area contributed by atoms with Gasteiger partial charge >= 0.3 is 6.16 Å². The van der Waals surface area contributed by atoms with Crippen molar-refractivity contribution < 1.29 is 24.6 Å². The molecular formula is C14H31NO5Si. The van der Waals surface area contributed by atoms with Gasteiger partial charge in [-0.25, -0.2) is 4.79 Å². The maximum absolute atomic E-state index is 12.0. The van der Waals surface area contributed by atoms with Crippen molar-refractivity contribution in [1.82, 2.24) is 4.73 Å². The van der Waals surface area contributed by atoms with E-state index in [9.17, 15) is 15.0 Å². The molecule has 0 aromatic rings. The normalized spacial score (nSPS) is 13.7. The predicted octanol–water partition coefficient (Wildman–Crippen LogP) is 2.51. The summed E-state index contributed by atoms with van der Waals surface area (Å²) in [4.78, 5) is 17.3. The summed E-state index contributed by atoms with van der Waals surface area (Å²) in [5.74, 6) is 0. The molecule has 0 aliphatic rings. The second kappa shape index (κ2) is 7.08. The molecule has 0 amide bonds. The molecule has 0 aromatic heterocycles. The Morgan fingerprint density at radius 2 is 1.52 bits per heavy atom. The number of aliphatic hydroxyl groups excluding tert-OH is 2. The number of carbonyl (C=O) groups is 1. The summed E-state index contributed by atoms with van der Waals surface area (Å²) in [7, 11) is -2.29. The van der Waals surface area contributed by atoms with Gasteiger partial charge in [-0.1, -0.05) is 33.9 Å². The van der Waals surface area contributed by atoms with Crippen molar-refractivity contribution in [3.8, 4) is 0 Å². The molecule has 6 nitrogen and oxygen atoms in total. The van der Waals surface area contributed by atoms with Crippen molar-refractivity contribution in [2.75, 3.05) is 13.2 Å². The molecular weight excluding hydrogens is 290 g/mol. The van der Waals surface area contributed by atoms with Gasteiger partial charge in [-0.2, -0.15) is 4.73 Å². The molecule has 0 unspecified atom stereocenters. The number of ether oxygens (including phenoxy) is 1. The highest BCUT2D eigenvalue weighted by Crippen LogP contribution is 2.39. The number of hydrogen-bond donors (Lipinski definition) is 2. The molecule has 0 bridgehead atoms. The quantitative estimate of drug-likeness (QED) is 0.460. The predicted molar refractivity (Wildman–Crippen MR) is 84.3 cm³/mol. The zero-order chi connectivity index (χ0) is 17.1. The maximum atomic E-state index is 12.0. The molecule has 0 aliphatic carbocycles. The van der Waals surface area contributed by atoms with Crippen LogP contribution in [0.4, 0.5) is 4.79 Å². The van der Waals surface area contributed by atoms with E-state index in [1.165, 1.54) is 4.73 Å². The van der Waals surface area contributed by atoms with Crippen molar-refractivity contribution in [2.24, 2.45) is 0 Å². The molecule has 0 saturated carbocycles. The van der Waals surface area contributed by atoms with E-state index < -0.39 is 26.0 Å². The monoisotopic (exact) mass is 321 g/mol. The second-order valence-electron chi connectivity index (χ2n) is 7.71. The molecule has 0 radical (unpaired) electrons. The molecule has 0 spiro atoms. The second-order valence-corrected chi connectivity index (χ2v) is 12.8. The Hall–Kier alpha value is -0.633. The van der Waals surface area contributed by atoms with Crippen LogP contribution in [0, 0.1) is 0 Å². The summed E-state index contributed by atoms with van der Waals surface area (Å²) in [6, 6.07) is -0.654. The van der Waals surface area contributed by atoms with Crippen LogP contribution < -0.4 is 0 Å². The third-order valence-electron chi connectivity index (χ3n) is 3.70. The average molecular weight is 321 g/mol. The fraction of sp³-hybridized carbons (Fsp3) is 0.929. The summed E-state index contributed by atoms with van der Waals surface area (Å²) >= 11 is 0. The van der Waals surface area contributed by atoms with Crippen molar-refractivity contribution in [2.45, 2.75) is 71.3 Å². The number of hydroxylamine groups is 1. The molecule has 0 saturated heterocycles. The summed E-state index contributed by atoms with van der Waals surface area (Å²) in [6.07, 6.45) is -0.820. The molecule has 2 N–H and O–H groups in total. The van der Waals surface area contributed by atoms with Crippen LogP contribution in [0.15, 0.2) is 0 Å². The smallest absolute Gasteiger partial charge is 0.427 e. The van der Waals surface area contributed by atoms with Crippen LogP contribution in [-0.4, -0.2) is 54.2 Å². The van der Waals surface area contributed by atoms with Gasteiger partial charge in [0.2, 0.25) is 0 Å². The minimum atomic E-state index is -2.29. The van der Waals surface area contributed by atoms with Gasteiger partial charge in [0.05, 0.1) is 19.3 Å². The van der Waals surface area contributed by atoms with Gasteiger partial charge in [0.25, 0.3) is 0 Å². The van der Waals surface area contributed by atoms with E-state index in [-0.39, 0.29) is 18.3 Å². The molecule has 126 valence electrons. The first kappa shape index (κ1) is 20.4. The fourth-order valence-corrected chi connectivity index (χ4v) is 3.57. The van der Waals surface area contributed by atoms with Crippen molar-refractivity contribution >= 4 is 14.4 Å². The third kappa shape index (κ3) is 5.94. The van der Waals surface area contributed by atoms with Gasteiger partial charge in [-0.3, -0.25) is 0 Å². The highest BCUT2D eigenvalue weighted by Gasteiger charge is 2.47. The molecule has 0 atom stereocenters. The van der Waals surface area contributed by atoms with Gasteiger partial charge in [0.1, 0.15) is 5.60 Å². The highest BCUT2D eigenvalue weighted by atomic mass is 28.3. The van der Waals surface area contributed by atoms with Crippen LogP contribution in [0.3, 0.4) is 0 Å². The molecule has 0 rings (SSSR count). The average Bonchev–Trinajstić information content (AvgIpc) is 2.25. The summed E-state index contributed by atoms with van der Waals surface area (Å²) in [5, 5.41) is 18.8. The summed E-state index contributed by atoms with van der Waals surface area (Å²) < 4.78 is 6.64. The van der Waals surface area contributed by atoms with Crippen molar-refractivity contribution in [3.05, 3.63) is 0 Å². The number of carbonyl (C=O) groups excluding carboxylic acids is 1. The standard InChI is InChI=1S/C14H31NO5Si/c1-13(2,3)19-12(18)20-15(11(9-16)10-17)21(7,8)14(4,5)6/h11,16-17H,9-10H2,1-8H3. The SMILES string of the molecule is CC(C)(C)OC(=O)ON(C(CO)CO)[Si](C)(C)C(C)(C)C. The minimum Gasteiger partial charge on any atom is -0.427 e. The number of hydrogen-bond acceptors (Lipinski definition) is 6. The van der Waals surface area contributed by atoms with Gasteiger partial charge in [0.15, 0.2) is 8.24 Å². The fourth-order valence-electron chi connectivity index (χ4n) is 1.53. The van der Waals surface area contributed by atoms with Crippen LogP contribution in [0.5, 0.6) is 0 Å². The Balaban J connectivity index is 5.31. The topological polar surface area (TPSA) is 79.2 Å². The highest BCUT2D eigenvalue weighted by molar-refractivity contribution is 6.77. The van der Waals surface area contributed by atoms with Crippen LogP contribution in [-0.2, 0) is 9.57 Å².